The SMILES string of the molecule is Nc1ncc(C=CCCl)c(C(F)(F)F)n1. The molecule has 0 aliphatic rings. The van der Waals surface area contributed by atoms with E-state index in [0.29, 0.717) is 0 Å². The molecule has 0 bridgehead atoms. The molecule has 1 aromatic rings. The molecule has 0 aliphatic carbocycles. The van der Waals surface area contributed by atoms with Crippen LogP contribution in [0.4, 0.5) is 19.1 Å². The average molecular weight is 238 g/mol. The number of nitrogens with zero attached hydrogens (tertiary/aromatic N) is 2. The molecule has 82 valence electrons. The van der Waals surface area contributed by atoms with Crippen LogP contribution in [0.1, 0.15) is 11.3 Å². The molecule has 0 atom stereocenters. The van der Waals surface area contributed by atoms with E-state index in [1.54, 1.807) is 0 Å². The predicted molar refractivity (Wildman–Crippen MR) is 51.2 cm³/mol. The van der Waals surface area contributed by atoms with Crippen molar-refractivity contribution in [2.75, 3.05) is 11.6 Å². The molecule has 0 fully saturated rings. The molecule has 0 aromatic carbocycles. The van der Waals surface area contributed by atoms with Crippen LogP contribution in [0.3, 0.4) is 0 Å². The molecule has 3 nitrogen and oxygen atoms in total. The number of anilines is 1. The van der Waals surface area contributed by atoms with Gasteiger partial charge in [0, 0.05) is 17.6 Å². The van der Waals surface area contributed by atoms with Gasteiger partial charge in [-0.15, -0.1) is 11.6 Å². The lowest BCUT2D eigenvalue weighted by Crippen LogP contribution is -2.12. The first-order valence-electron chi connectivity index (χ1n) is 3.87. The molecular formula is C8H7ClF3N3. The number of hydrogen-bond donors (Lipinski definition) is 1. The molecule has 0 saturated heterocycles. The minimum absolute atomic E-state index is 0.113. The van der Waals surface area contributed by atoms with Gasteiger partial charge in [-0.3, -0.25) is 0 Å². The fourth-order valence-corrected chi connectivity index (χ4v) is 1.01. The molecule has 0 amide bonds. The highest BCUT2D eigenvalue weighted by atomic mass is 35.5. The van der Waals surface area contributed by atoms with Crippen LogP contribution in [0.15, 0.2) is 12.3 Å². The summed E-state index contributed by atoms with van der Waals surface area (Å²) in [5.74, 6) is -0.299. The van der Waals surface area contributed by atoms with Gasteiger partial charge in [0.1, 0.15) is 0 Å². The third kappa shape index (κ3) is 3.09. The largest absolute Gasteiger partial charge is 0.434 e. The molecule has 0 unspecified atom stereocenters. The maximum atomic E-state index is 12.4. The summed E-state index contributed by atoms with van der Waals surface area (Å²) in [6.07, 6.45) is -0.974. The van der Waals surface area contributed by atoms with Gasteiger partial charge < -0.3 is 5.73 Å². The van der Waals surface area contributed by atoms with Gasteiger partial charge in [0.15, 0.2) is 5.69 Å². The van der Waals surface area contributed by atoms with Crippen LogP contribution in [0, 0.1) is 0 Å². The van der Waals surface area contributed by atoms with E-state index in [0.717, 1.165) is 6.20 Å². The van der Waals surface area contributed by atoms with Crippen molar-refractivity contribution in [3.63, 3.8) is 0 Å². The van der Waals surface area contributed by atoms with Gasteiger partial charge in [-0.1, -0.05) is 12.2 Å². The number of nitrogens with two attached hydrogens (primary N) is 1. The van der Waals surface area contributed by atoms with E-state index in [1.165, 1.54) is 12.2 Å². The van der Waals surface area contributed by atoms with E-state index in [2.05, 4.69) is 9.97 Å². The van der Waals surface area contributed by atoms with Crippen LogP contribution in [0.2, 0.25) is 0 Å². The Balaban J connectivity index is 3.21. The third-order valence-electron chi connectivity index (χ3n) is 1.49. The van der Waals surface area contributed by atoms with Crippen molar-refractivity contribution in [2.24, 2.45) is 0 Å². The van der Waals surface area contributed by atoms with E-state index in [-0.39, 0.29) is 11.4 Å². The van der Waals surface area contributed by atoms with Crippen LogP contribution in [0.25, 0.3) is 6.08 Å². The number of alkyl halides is 4. The van der Waals surface area contributed by atoms with Gasteiger partial charge in [-0.05, 0) is 0 Å². The lowest BCUT2D eigenvalue weighted by molar-refractivity contribution is -0.141. The second kappa shape index (κ2) is 4.48. The Morgan fingerprint density at radius 3 is 2.67 bits per heavy atom. The minimum Gasteiger partial charge on any atom is -0.368 e. The number of allylic oxidation sites excluding steroid dienone is 1. The summed E-state index contributed by atoms with van der Waals surface area (Å²) in [7, 11) is 0. The standard InChI is InChI=1S/C8H7ClF3N3/c9-3-1-2-5-4-14-7(13)15-6(5)8(10,11)12/h1-2,4H,3H2,(H2,13,14,15). The van der Waals surface area contributed by atoms with Crippen molar-refractivity contribution in [3.8, 4) is 0 Å². The van der Waals surface area contributed by atoms with Crippen molar-refractivity contribution in [3.05, 3.63) is 23.5 Å². The molecule has 1 aromatic heterocycles. The number of aromatic nitrogens is 2. The number of nitrogen functional groups attached to an aromatic ring is 1. The maximum Gasteiger partial charge on any atom is 0.434 e. The lowest BCUT2D eigenvalue weighted by Gasteiger charge is -2.08. The minimum atomic E-state index is -4.55. The highest BCUT2D eigenvalue weighted by Gasteiger charge is 2.35. The van der Waals surface area contributed by atoms with Gasteiger partial charge in [0.2, 0.25) is 5.95 Å². The third-order valence-corrected chi connectivity index (χ3v) is 1.67. The summed E-state index contributed by atoms with van der Waals surface area (Å²) in [4.78, 5) is 6.62. The van der Waals surface area contributed by atoms with Crippen molar-refractivity contribution >= 4 is 23.6 Å². The highest BCUT2D eigenvalue weighted by molar-refractivity contribution is 6.19. The van der Waals surface area contributed by atoms with Crippen molar-refractivity contribution < 1.29 is 13.2 Å². The number of halogens is 4. The van der Waals surface area contributed by atoms with Crippen LogP contribution in [-0.4, -0.2) is 15.8 Å². The second-order valence-electron chi connectivity index (χ2n) is 2.59. The van der Waals surface area contributed by atoms with Crippen molar-refractivity contribution in [1.82, 2.24) is 9.97 Å². The Morgan fingerprint density at radius 2 is 2.13 bits per heavy atom. The molecule has 2 N–H and O–H groups in total. The first-order valence-corrected chi connectivity index (χ1v) is 4.41. The van der Waals surface area contributed by atoms with Crippen LogP contribution in [-0.2, 0) is 6.18 Å². The molecular weight excluding hydrogens is 231 g/mol. The fraction of sp³-hybridized carbons (Fsp3) is 0.250. The first-order chi connectivity index (χ1) is 6.95. The van der Waals surface area contributed by atoms with Crippen LogP contribution in [0.5, 0.6) is 0 Å². The van der Waals surface area contributed by atoms with Gasteiger partial charge in [0.25, 0.3) is 0 Å². The van der Waals surface area contributed by atoms with E-state index >= 15 is 0 Å². The Kier molecular flexibility index (Phi) is 3.52. The molecule has 0 aliphatic heterocycles. The average Bonchev–Trinajstić information content (AvgIpc) is 2.14. The number of hydrogen-bond acceptors (Lipinski definition) is 3. The highest BCUT2D eigenvalue weighted by Crippen LogP contribution is 2.30. The molecule has 0 saturated carbocycles. The Labute approximate surface area is 88.8 Å². The molecule has 0 spiro atoms. The van der Waals surface area contributed by atoms with Gasteiger partial charge in [-0.25, -0.2) is 9.97 Å². The monoisotopic (exact) mass is 237 g/mol. The smallest absolute Gasteiger partial charge is 0.368 e. The summed E-state index contributed by atoms with van der Waals surface area (Å²) in [5.41, 5.74) is 3.87. The van der Waals surface area contributed by atoms with Crippen LogP contribution < -0.4 is 5.73 Å². The zero-order valence-electron chi connectivity index (χ0n) is 7.42. The lowest BCUT2D eigenvalue weighted by atomic mass is 10.2. The number of rotatable bonds is 2. The van der Waals surface area contributed by atoms with E-state index < -0.39 is 17.8 Å². The summed E-state index contributed by atoms with van der Waals surface area (Å²) in [6.45, 7) is 0. The molecule has 15 heavy (non-hydrogen) atoms. The van der Waals surface area contributed by atoms with Gasteiger partial charge in [-0.2, -0.15) is 13.2 Å². The molecule has 1 rings (SSSR count). The quantitative estimate of drug-likeness (QED) is 0.803. The fourth-order valence-electron chi connectivity index (χ4n) is 0.925. The van der Waals surface area contributed by atoms with Crippen LogP contribution >= 0.6 is 11.6 Å². The normalized spacial score (nSPS) is 12.3. The second-order valence-corrected chi connectivity index (χ2v) is 2.90. The van der Waals surface area contributed by atoms with E-state index in [4.69, 9.17) is 17.3 Å². The summed E-state index contributed by atoms with van der Waals surface area (Å²) in [6, 6.07) is 0. The Morgan fingerprint density at radius 1 is 1.47 bits per heavy atom. The summed E-state index contributed by atoms with van der Waals surface area (Å²) < 4.78 is 37.3. The Bertz CT molecular complexity index is 376. The van der Waals surface area contributed by atoms with Gasteiger partial charge >= 0.3 is 6.18 Å². The van der Waals surface area contributed by atoms with E-state index in [9.17, 15) is 13.2 Å². The van der Waals surface area contributed by atoms with E-state index in [1.807, 2.05) is 0 Å². The molecule has 0 radical (unpaired) electrons. The summed E-state index contributed by atoms with van der Waals surface area (Å²) in [5, 5.41) is 0. The topological polar surface area (TPSA) is 51.8 Å². The zero-order valence-corrected chi connectivity index (χ0v) is 8.18. The zero-order chi connectivity index (χ0) is 11.5. The molecule has 1 heterocycles. The Hall–Kier alpha value is -1.30. The van der Waals surface area contributed by atoms with Crippen molar-refractivity contribution in [1.29, 1.82) is 0 Å². The molecule has 7 heteroatoms. The summed E-state index contributed by atoms with van der Waals surface area (Å²) >= 11 is 5.32. The first kappa shape index (κ1) is 11.8. The predicted octanol–water partition coefficient (Wildman–Crippen LogP) is 2.33. The maximum absolute atomic E-state index is 12.4. The van der Waals surface area contributed by atoms with Crippen molar-refractivity contribution in [2.45, 2.75) is 6.18 Å². The van der Waals surface area contributed by atoms with Gasteiger partial charge in [0.05, 0.1) is 0 Å².